The van der Waals surface area contributed by atoms with Crippen LogP contribution in [0.25, 0.3) is 0 Å². The van der Waals surface area contributed by atoms with Crippen LogP contribution in [-0.2, 0) is 0 Å². The number of hydrazone groups is 3. The van der Waals surface area contributed by atoms with Crippen LogP contribution in [0.15, 0.2) is 15.3 Å². The number of hydrogen-bond acceptors (Lipinski definition) is 8. The summed E-state index contributed by atoms with van der Waals surface area (Å²) in [5.74, 6) is 0. The summed E-state index contributed by atoms with van der Waals surface area (Å²) in [6.07, 6.45) is 8.92. The molecule has 0 aromatic heterocycles. The molecule has 4 aliphatic heterocycles. The van der Waals surface area contributed by atoms with Crippen LogP contribution < -0.4 is 26.9 Å². The third-order valence-corrected chi connectivity index (χ3v) is 2.43. The molecule has 0 unspecified atom stereocenters. The zero-order chi connectivity index (χ0) is 14.1. The van der Waals surface area contributed by atoms with Gasteiger partial charge in [-0.25, -0.2) is 0 Å². The predicted molar refractivity (Wildman–Crippen MR) is 84.2 cm³/mol. The molecule has 4 heterocycles. The van der Waals surface area contributed by atoms with Crippen LogP contribution in [0.2, 0.25) is 0 Å². The molecule has 8 nitrogen and oxygen atoms in total. The summed E-state index contributed by atoms with van der Waals surface area (Å²) >= 11 is 0. The molecular weight excluding hydrogens is 256 g/mol. The van der Waals surface area contributed by atoms with Gasteiger partial charge in [0.05, 0.1) is 0 Å². The van der Waals surface area contributed by atoms with Crippen LogP contribution in [0.5, 0.6) is 0 Å². The van der Waals surface area contributed by atoms with Crippen molar-refractivity contribution in [2.24, 2.45) is 15.3 Å². The van der Waals surface area contributed by atoms with Gasteiger partial charge >= 0.3 is 0 Å². The van der Waals surface area contributed by atoms with Gasteiger partial charge in [0.2, 0.25) is 0 Å². The van der Waals surface area contributed by atoms with E-state index in [4.69, 9.17) is 0 Å². The average Bonchev–Trinajstić information content (AvgIpc) is 3.40. The van der Waals surface area contributed by atoms with Gasteiger partial charge in [-0.15, -0.1) is 0 Å². The minimum Gasteiger partial charge on any atom is -0.310 e. The van der Waals surface area contributed by atoms with Crippen molar-refractivity contribution in [3.63, 3.8) is 0 Å². The molecule has 1 saturated heterocycles. The van der Waals surface area contributed by atoms with Gasteiger partial charge in [0.15, 0.2) is 0 Å². The predicted octanol–water partition coefficient (Wildman–Crippen LogP) is -0.967. The first-order valence-corrected chi connectivity index (χ1v) is 7.15. The van der Waals surface area contributed by atoms with Crippen molar-refractivity contribution in [3.05, 3.63) is 0 Å². The Morgan fingerprint density at radius 3 is 1.05 bits per heavy atom. The Morgan fingerprint density at radius 1 is 0.550 bits per heavy atom. The lowest BCUT2D eigenvalue weighted by molar-refractivity contribution is 0.807. The second kappa shape index (κ2) is 13.8. The Kier molecular flexibility index (Phi) is 11.3. The molecule has 114 valence electrons. The standard InChI is InChI=1S/C3H8N2.3C3H6N2/c1-2-5-3-4-1;3*1-2-4-5-3-1/h4-5H,1-3H2;3*2,5H,1,3H2. The molecule has 0 aromatic rings. The second-order valence-corrected chi connectivity index (χ2v) is 4.20. The maximum absolute atomic E-state index is 3.71. The van der Waals surface area contributed by atoms with Crippen molar-refractivity contribution in [3.8, 4) is 0 Å². The Bertz CT molecular complexity index is 222. The van der Waals surface area contributed by atoms with Crippen LogP contribution in [-0.4, -0.2) is 58.0 Å². The molecular formula is C12H26N8. The van der Waals surface area contributed by atoms with Crippen molar-refractivity contribution in [2.45, 2.75) is 19.3 Å². The van der Waals surface area contributed by atoms with Crippen molar-refractivity contribution in [1.29, 1.82) is 0 Å². The van der Waals surface area contributed by atoms with E-state index < -0.39 is 0 Å². The summed E-state index contributed by atoms with van der Waals surface area (Å²) in [5, 5.41) is 17.3. The van der Waals surface area contributed by atoms with Gasteiger partial charge in [0.1, 0.15) is 0 Å². The monoisotopic (exact) mass is 282 g/mol. The second-order valence-electron chi connectivity index (χ2n) is 4.20. The first-order valence-electron chi connectivity index (χ1n) is 7.15. The molecule has 0 spiro atoms. The molecule has 0 aliphatic carbocycles. The van der Waals surface area contributed by atoms with E-state index in [2.05, 4.69) is 42.2 Å². The molecule has 5 N–H and O–H groups in total. The highest BCUT2D eigenvalue weighted by atomic mass is 15.3. The van der Waals surface area contributed by atoms with Gasteiger partial charge < -0.3 is 26.9 Å². The molecule has 20 heavy (non-hydrogen) atoms. The minimum absolute atomic E-state index is 1.00. The molecule has 1 fully saturated rings. The van der Waals surface area contributed by atoms with E-state index in [-0.39, 0.29) is 0 Å². The van der Waals surface area contributed by atoms with Gasteiger partial charge in [-0.05, 0) is 0 Å². The highest BCUT2D eigenvalue weighted by Gasteiger charge is 1.90. The van der Waals surface area contributed by atoms with E-state index in [1.54, 1.807) is 0 Å². The summed E-state index contributed by atoms with van der Waals surface area (Å²) < 4.78 is 0. The summed E-state index contributed by atoms with van der Waals surface area (Å²) in [5.41, 5.74) is 8.38. The van der Waals surface area contributed by atoms with Crippen LogP contribution in [0.3, 0.4) is 0 Å². The summed E-state index contributed by atoms with van der Waals surface area (Å²) in [6, 6.07) is 0. The summed E-state index contributed by atoms with van der Waals surface area (Å²) in [7, 11) is 0. The fraction of sp³-hybridized carbons (Fsp3) is 0.750. The number of rotatable bonds is 0. The lowest BCUT2D eigenvalue weighted by Gasteiger charge is -1.77. The molecule has 0 atom stereocenters. The van der Waals surface area contributed by atoms with E-state index in [0.717, 1.165) is 58.7 Å². The van der Waals surface area contributed by atoms with E-state index in [1.165, 1.54) is 0 Å². The molecule has 0 aromatic carbocycles. The van der Waals surface area contributed by atoms with E-state index in [9.17, 15) is 0 Å². The first-order chi connectivity index (χ1) is 10.0. The molecule has 0 bridgehead atoms. The topological polar surface area (TPSA) is 97.2 Å². The Morgan fingerprint density at radius 2 is 0.950 bits per heavy atom. The third kappa shape index (κ3) is 11.4. The maximum atomic E-state index is 3.71. The molecule has 0 radical (unpaired) electrons. The maximum Gasteiger partial charge on any atom is 0.0455 e. The third-order valence-electron chi connectivity index (χ3n) is 2.43. The SMILES string of the molecule is C1=NNCC1.C1=NNCC1.C1=NNCC1.C1CNCN1. The largest absolute Gasteiger partial charge is 0.310 e. The molecule has 0 saturated carbocycles. The fourth-order valence-electron chi connectivity index (χ4n) is 1.41. The van der Waals surface area contributed by atoms with Crippen molar-refractivity contribution >= 4 is 18.6 Å². The Balaban J connectivity index is 0.000000133. The average molecular weight is 282 g/mol. The summed E-state index contributed by atoms with van der Waals surface area (Å²) in [4.78, 5) is 0. The highest BCUT2D eigenvalue weighted by molar-refractivity contribution is 5.59. The zero-order valence-corrected chi connectivity index (χ0v) is 11.9. The van der Waals surface area contributed by atoms with E-state index in [0.29, 0.717) is 0 Å². The normalized spacial score (nSPS) is 20.4. The van der Waals surface area contributed by atoms with Crippen molar-refractivity contribution < 1.29 is 0 Å². The molecule has 4 aliphatic rings. The quantitative estimate of drug-likeness (QED) is 0.394. The molecule has 0 amide bonds. The smallest absolute Gasteiger partial charge is 0.0455 e. The van der Waals surface area contributed by atoms with Gasteiger partial charge in [-0.2, -0.15) is 15.3 Å². The first kappa shape index (κ1) is 16.4. The Hall–Kier alpha value is -1.67. The van der Waals surface area contributed by atoms with Gasteiger partial charge in [-0.3, -0.25) is 0 Å². The van der Waals surface area contributed by atoms with E-state index in [1.807, 2.05) is 18.6 Å². The number of nitrogens with zero attached hydrogens (tertiary/aromatic N) is 3. The van der Waals surface area contributed by atoms with Gasteiger partial charge in [0.25, 0.3) is 0 Å². The van der Waals surface area contributed by atoms with Crippen LogP contribution >= 0.6 is 0 Å². The molecule has 4 rings (SSSR count). The minimum atomic E-state index is 1.00. The van der Waals surface area contributed by atoms with Gasteiger partial charge in [0, 0.05) is 77.3 Å². The fourth-order valence-corrected chi connectivity index (χ4v) is 1.41. The number of nitrogens with one attached hydrogen (secondary N) is 5. The van der Waals surface area contributed by atoms with Crippen LogP contribution in [0.1, 0.15) is 19.3 Å². The Labute approximate surface area is 120 Å². The summed E-state index contributed by atoms with van der Waals surface area (Å²) in [6.45, 7) is 6.36. The zero-order valence-electron chi connectivity index (χ0n) is 11.9. The van der Waals surface area contributed by atoms with Crippen LogP contribution in [0.4, 0.5) is 0 Å². The van der Waals surface area contributed by atoms with E-state index >= 15 is 0 Å². The van der Waals surface area contributed by atoms with Crippen molar-refractivity contribution in [1.82, 2.24) is 26.9 Å². The lowest BCUT2D eigenvalue weighted by atomic mass is 10.5. The molecule has 8 heteroatoms. The lowest BCUT2D eigenvalue weighted by Crippen LogP contribution is -2.11. The van der Waals surface area contributed by atoms with Crippen LogP contribution in [0, 0.1) is 0 Å². The van der Waals surface area contributed by atoms with Crippen molar-refractivity contribution in [2.75, 3.05) is 39.4 Å². The van der Waals surface area contributed by atoms with Gasteiger partial charge in [-0.1, -0.05) is 0 Å². The highest BCUT2D eigenvalue weighted by Crippen LogP contribution is 1.76. The number of hydrogen-bond donors (Lipinski definition) is 5.